The summed E-state index contributed by atoms with van der Waals surface area (Å²) in [4.78, 5) is 0. The molecule has 0 heterocycles. The molecular formula is C61H95Cl3SiTi. The fourth-order valence-electron chi connectivity index (χ4n) is 10.5. The van der Waals surface area contributed by atoms with Gasteiger partial charge in [0.05, 0.1) is 8.07 Å². The predicted molar refractivity (Wildman–Crippen MR) is 281 cm³/mol. The van der Waals surface area contributed by atoms with Gasteiger partial charge in [-0.3, -0.25) is 6.08 Å². The third kappa shape index (κ3) is 21.1. The van der Waals surface area contributed by atoms with Crippen molar-refractivity contribution >= 4 is 23.6 Å². The first-order valence-electron chi connectivity index (χ1n) is 27.2. The van der Waals surface area contributed by atoms with Crippen molar-refractivity contribution in [2.75, 3.05) is 0 Å². The van der Waals surface area contributed by atoms with E-state index in [1.807, 2.05) is 0 Å². The molecule has 4 rings (SSSR count). The van der Waals surface area contributed by atoms with Gasteiger partial charge < -0.3 is 37.2 Å². The van der Waals surface area contributed by atoms with E-state index in [0.717, 1.165) is 12.8 Å². The van der Waals surface area contributed by atoms with Crippen LogP contribution < -0.4 is 52.8 Å². The molecule has 368 valence electrons. The van der Waals surface area contributed by atoms with E-state index in [0.29, 0.717) is 0 Å². The second kappa shape index (κ2) is 38.7. The molecule has 0 atom stereocenters. The third-order valence-corrected chi connectivity index (χ3v) is 19.0. The largest absolute Gasteiger partial charge is 4.00 e. The number of benzene rings is 3. The quantitative estimate of drug-likeness (QED) is 0.0244. The summed E-state index contributed by atoms with van der Waals surface area (Å²) in [6.07, 6.45) is 47.3. The van der Waals surface area contributed by atoms with E-state index >= 15 is 0 Å². The normalized spacial score (nSPS) is 12.2. The smallest absolute Gasteiger partial charge is 1.00 e. The van der Waals surface area contributed by atoms with E-state index in [9.17, 15) is 0 Å². The molecule has 3 aromatic carbocycles. The van der Waals surface area contributed by atoms with Crippen LogP contribution in [0.1, 0.15) is 249 Å². The van der Waals surface area contributed by atoms with Gasteiger partial charge in [0.25, 0.3) is 0 Å². The number of rotatable bonds is 35. The Kier molecular flexibility index (Phi) is 38.0. The minimum atomic E-state index is -2.80. The number of halogens is 3. The first-order chi connectivity index (χ1) is 30.5. The molecule has 0 saturated carbocycles. The molecule has 0 aliphatic heterocycles. The Balaban J connectivity index is 0.0000106. The topological polar surface area (TPSA) is 0 Å². The fourth-order valence-corrected chi connectivity index (χ4v) is 16.1. The average Bonchev–Trinajstić information content (AvgIpc) is 3.77. The van der Waals surface area contributed by atoms with Crippen LogP contribution in [-0.4, -0.2) is 8.07 Å². The number of hydrogen-bond donors (Lipinski definition) is 0. The first kappa shape index (κ1) is 64.9. The van der Waals surface area contributed by atoms with Gasteiger partial charge in [0.15, 0.2) is 0 Å². The van der Waals surface area contributed by atoms with E-state index < -0.39 is 8.07 Å². The Labute approximate surface area is 444 Å². The van der Waals surface area contributed by atoms with Crippen LogP contribution >= 0.6 is 0 Å². The van der Waals surface area contributed by atoms with Crippen molar-refractivity contribution in [2.24, 2.45) is 0 Å². The van der Waals surface area contributed by atoms with Crippen molar-refractivity contribution in [1.29, 1.82) is 0 Å². The van der Waals surface area contributed by atoms with E-state index in [-0.39, 0.29) is 58.9 Å². The Morgan fingerprint density at radius 2 is 0.591 bits per heavy atom. The van der Waals surface area contributed by atoms with Crippen LogP contribution in [0, 0.1) is 6.08 Å². The summed E-state index contributed by atoms with van der Waals surface area (Å²) in [5, 5.41) is 6.76. The summed E-state index contributed by atoms with van der Waals surface area (Å²) in [6.45, 7) is 16.5. The summed E-state index contributed by atoms with van der Waals surface area (Å²) in [5.74, 6) is 0. The van der Waals surface area contributed by atoms with Crippen LogP contribution in [0.4, 0.5) is 0 Å². The summed E-state index contributed by atoms with van der Waals surface area (Å²) in [6, 6.07) is 24.7. The van der Waals surface area contributed by atoms with Gasteiger partial charge in [-0.1, -0.05) is 247 Å². The van der Waals surface area contributed by atoms with Crippen LogP contribution in [-0.2, 0) is 60.2 Å². The Bertz CT molecular complexity index is 1500. The predicted octanol–water partition coefficient (Wildman–Crippen LogP) is 7.91. The van der Waals surface area contributed by atoms with E-state index in [1.54, 1.807) is 54.1 Å². The summed E-state index contributed by atoms with van der Waals surface area (Å²) < 4.78 is 0. The molecule has 0 aromatic heterocycles. The zero-order valence-electron chi connectivity index (χ0n) is 43.5. The molecule has 3 aromatic rings. The molecule has 5 heteroatoms. The van der Waals surface area contributed by atoms with Gasteiger partial charge in [-0.15, -0.1) is 0 Å². The van der Waals surface area contributed by atoms with E-state index in [2.05, 4.69) is 115 Å². The molecule has 1 aliphatic carbocycles. The zero-order chi connectivity index (χ0) is 44.3. The van der Waals surface area contributed by atoms with Crippen LogP contribution in [0.25, 0.3) is 0 Å². The number of unbranched alkanes of at least 4 members (excludes halogenated alkanes) is 18. The molecule has 0 fully saturated rings. The van der Waals surface area contributed by atoms with Gasteiger partial charge in [0.2, 0.25) is 0 Å². The van der Waals surface area contributed by atoms with Gasteiger partial charge in [0.1, 0.15) is 0 Å². The standard InChI is InChI=1S/C61H95Si.3ClH.Ti/c1-8-15-21-27-34-51-42-52(35-28-22-16-9-2)46-58(45-51)62(61-41-33-40-57(61)14-7,59-47-53(36-29-23-17-10-3)43-54(48-59)37-30-24-18-11-4)60-49-55(38-31-25-19-12-5)44-56(50-60)39-32-26-20-13-6;;;;/h33,42-50H,8-32,34-39,41H2,1-7H3;3*1H;/q-1;;;;+4/p-3. The van der Waals surface area contributed by atoms with Crippen molar-refractivity contribution in [3.63, 3.8) is 0 Å². The molecule has 0 N–H and O–H groups in total. The minimum absolute atomic E-state index is 0. The van der Waals surface area contributed by atoms with Crippen molar-refractivity contribution < 1.29 is 58.9 Å². The van der Waals surface area contributed by atoms with Gasteiger partial charge >= 0.3 is 21.7 Å². The molecule has 66 heavy (non-hydrogen) atoms. The van der Waals surface area contributed by atoms with Crippen LogP contribution in [0.2, 0.25) is 0 Å². The van der Waals surface area contributed by atoms with E-state index in [1.165, 1.54) is 198 Å². The maximum atomic E-state index is 3.94. The molecular weight excluding hydrogens is 915 g/mol. The van der Waals surface area contributed by atoms with Crippen molar-refractivity contribution in [1.82, 2.24) is 0 Å². The second-order valence-corrected chi connectivity index (χ2v) is 23.4. The van der Waals surface area contributed by atoms with Crippen molar-refractivity contribution in [3.05, 3.63) is 111 Å². The number of hydrogen-bond acceptors (Lipinski definition) is 0. The van der Waals surface area contributed by atoms with Gasteiger partial charge in [0, 0.05) is 0 Å². The van der Waals surface area contributed by atoms with Gasteiger partial charge in [-0.25, -0.2) is 10.8 Å². The summed E-state index contributed by atoms with van der Waals surface area (Å²) in [7, 11) is -2.80. The Hall–Kier alpha value is -1.06. The molecule has 0 radical (unpaired) electrons. The fraction of sp³-hybridized carbons (Fsp3) is 0.639. The maximum Gasteiger partial charge on any atom is 4.00 e. The molecule has 0 unspecified atom stereocenters. The Morgan fingerprint density at radius 1 is 0.348 bits per heavy atom. The third-order valence-electron chi connectivity index (χ3n) is 14.1. The molecule has 0 saturated heterocycles. The minimum Gasteiger partial charge on any atom is -1.00 e. The van der Waals surface area contributed by atoms with Crippen LogP contribution in [0.15, 0.2) is 71.4 Å². The Morgan fingerprint density at radius 3 is 0.803 bits per heavy atom. The van der Waals surface area contributed by atoms with Crippen molar-refractivity contribution in [3.8, 4) is 0 Å². The first-order valence-corrected chi connectivity index (χ1v) is 29.2. The van der Waals surface area contributed by atoms with Gasteiger partial charge in [-0.2, -0.15) is 6.08 Å². The average molecular weight is 1010 g/mol. The monoisotopic (exact) mass is 1010 g/mol. The number of allylic oxidation sites excluding steroid dienone is 4. The molecule has 0 amide bonds. The second-order valence-electron chi connectivity index (χ2n) is 19.6. The molecule has 1 aliphatic rings. The zero-order valence-corrected chi connectivity index (χ0v) is 48.4. The van der Waals surface area contributed by atoms with E-state index in [4.69, 9.17) is 0 Å². The maximum absolute atomic E-state index is 3.94. The van der Waals surface area contributed by atoms with Gasteiger partial charge in [-0.05, 0) is 110 Å². The summed E-state index contributed by atoms with van der Waals surface area (Å²) >= 11 is 0. The molecule has 0 nitrogen and oxygen atoms in total. The molecule has 0 bridgehead atoms. The number of aryl methyl sites for hydroxylation is 6. The molecule has 0 spiro atoms. The SMILES string of the molecule is CCCCCCc1cc(CCCCCC)cc([Si](C2=C(CC)[C-]=CC2)(c2cc(CCCCCC)cc(CCCCCC)c2)c2cc(CCCCCC)cc(CCCCCC)c2)c1.[Cl-].[Cl-].[Cl-].[Ti+4]. The van der Waals surface area contributed by atoms with Crippen LogP contribution in [0.3, 0.4) is 0 Å². The van der Waals surface area contributed by atoms with Crippen LogP contribution in [0.5, 0.6) is 0 Å². The summed E-state index contributed by atoms with van der Waals surface area (Å²) in [5.41, 5.74) is 11.1. The van der Waals surface area contributed by atoms with Crippen molar-refractivity contribution in [2.45, 2.75) is 254 Å².